The number of rotatable bonds is 3. The molecule has 1 saturated carbocycles. The van der Waals surface area contributed by atoms with E-state index in [9.17, 15) is 0 Å². The number of aromatic nitrogens is 2. The molecule has 0 aliphatic heterocycles. The van der Waals surface area contributed by atoms with Crippen LogP contribution in [0.5, 0.6) is 0 Å². The first kappa shape index (κ1) is 11.6. The van der Waals surface area contributed by atoms with Gasteiger partial charge in [0.15, 0.2) is 0 Å². The maximum Gasteiger partial charge on any atom is 0.0949 e. The molecule has 0 aromatic carbocycles. The fraction of sp³-hybridized carbons (Fsp3) is 0.769. The third kappa shape index (κ3) is 2.29. The molecule has 1 aromatic heterocycles. The molecule has 0 radical (unpaired) electrons. The summed E-state index contributed by atoms with van der Waals surface area (Å²) in [6.45, 7) is 7.97. The van der Waals surface area contributed by atoms with Gasteiger partial charge in [0.05, 0.1) is 12.4 Å². The maximum absolute atomic E-state index is 4.18. The van der Waals surface area contributed by atoms with Crippen molar-refractivity contribution in [2.24, 2.45) is 11.8 Å². The van der Waals surface area contributed by atoms with Crippen molar-refractivity contribution in [3.05, 3.63) is 18.7 Å². The maximum atomic E-state index is 4.18. The Labute approximate surface area is 98.3 Å². The topological polar surface area (TPSA) is 29.9 Å². The summed E-state index contributed by atoms with van der Waals surface area (Å²) in [7, 11) is 0. The largest absolute Gasteiger partial charge is 0.333 e. The fourth-order valence-corrected chi connectivity index (χ4v) is 3.25. The van der Waals surface area contributed by atoms with E-state index >= 15 is 0 Å². The Balaban J connectivity index is 2.17. The highest BCUT2D eigenvalue weighted by atomic mass is 15.1. The third-order valence-corrected chi connectivity index (χ3v) is 3.76. The van der Waals surface area contributed by atoms with E-state index in [0.717, 1.165) is 18.4 Å². The Morgan fingerprint density at radius 2 is 2.19 bits per heavy atom. The van der Waals surface area contributed by atoms with E-state index in [1.54, 1.807) is 0 Å². The highest BCUT2D eigenvalue weighted by Gasteiger charge is 2.34. The predicted octanol–water partition coefficient (Wildman–Crippen LogP) is 2.47. The number of hydrogen-bond acceptors (Lipinski definition) is 2. The molecular formula is C13H23N3. The van der Waals surface area contributed by atoms with Gasteiger partial charge in [0.1, 0.15) is 0 Å². The number of likely N-dealkylation sites (N-methyl/N-ethyl adjacent to an activating group) is 1. The highest BCUT2D eigenvalue weighted by Crippen LogP contribution is 2.36. The molecule has 1 aliphatic rings. The second-order valence-electron chi connectivity index (χ2n) is 5.22. The number of nitrogens with zero attached hydrogens (tertiary/aromatic N) is 2. The van der Waals surface area contributed by atoms with Crippen molar-refractivity contribution in [3.8, 4) is 0 Å². The average Bonchev–Trinajstić information content (AvgIpc) is 2.70. The zero-order chi connectivity index (χ0) is 11.5. The molecule has 0 bridgehead atoms. The molecule has 90 valence electrons. The Bertz CT molecular complexity index is 307. The molecule has 1 heterocycles. The lowest BCUT2D eigenvalue weighted by Crippen LogP contribution is -2.45. The zero-order valence-corrected chi connectivity index (χ0v) is 10.6. The molecule has 16 heavy (non-hydrogen) atoms. The van der Waals surface area contributed by atoms with Crippen LogP contribution in [-0.4, -0.2) is 22.1 Å². The second-order valence-corrected chi connectivity index (χ2v) is 5.22. The molecule has 0 spiro atoms. The van der Waals surface area contributed by atoms with Crippen molar-refractivity contribution in [2.75, 3.05) is 6.54 Å². The molecule has 1 fully saturated rings. The van der Waals surface area contributed by atoms with E-state index < -0.39 is 0 Å². The van der Waals surface area contributed by atoms with Crippen molar-refractivity contribution >= 4 is 0 Å². The van der Waals surface area contributed by atoms with Crippen LogP contribution in [0.3, 0.4) is 0 Å². The Morgan fingerprint density at radius 3 is 2.81 bits per heavy atom. The van der Waals surface area contributed by atoms with Crippen LogP contribution in [0.1, 0.15) is 39.7 Å². The quantitative estimate of drug-likeness (QED) is 0.849. The molecule has 0 amide bonds. The van der Waals surface area contributed by atoms with Gasteiger partial charge in [0, 0.05) is 18.4 Å². The van der Waals surface area contributed by atoms with Crippen LogP contribution in [-0.2, 0) is 0 Å². The minimum absolute atomic E-state index is 0.568. The summed E-state index contributed by atoms with van der Waals surface area (Å²) in [6, 6.07) is 1.16. The Morgan fingerprint density at radius 1 is 1.38 bits per heavy atom. The molecule has 1 aromatic rings. The molecule has 1 N–H and O–H groups in total. The van der Waals surface area contributed by atoms with Crippen molar-refractivity contribution in [3.63, 3.8) is 0 Å². The van der Waals surface area contributed by atoms with Crippen LogP contribution in [0, 0.1) is 11.8 Å². The van der Waals surface area contributed by atoms with Crippen LogP contribution >= 0.6 is 0 Å². The molecule has 1 aliphatic carbocycles. The average molecular weight is 221 g/mol. The van der Waals surface area contributed by atoms with Gasteiger partial charge in [0.25, 0.3) is 0 Å². The van der Waals surface area contributed by atoms with Gasteiger partial charge in [-0.3, -0.25) is 0 Å². The van der Waals surface area contributed by atoms with Crippen LogP contribution in [0.25, 0.3) is 0 Å². The van der Waals surface area contributed by atoms with Gasteiger partial charge in [-0.25, -0.2) is 4.98 Å². The van der Waals surface area contributed by atoms with Gasteiger partial charge in [-0.05, 0) is 31.2 Å². The summed E-state index contributed by atoms with van der Waals surface area (Å²) in [5, 5.41) is 3.64. The van der Waals surface area contributed by atoms with E-state index in [1.165, 1.54) is 12.8 Å². The lowest BCUT2D eigenvalue weighted by atomic mass is 9.76. The van der Waals surface area contributed by atoms with Crippen molar-refractivity contribution in [1.82, 2.24) is 14.9 Å². The van der Waals surface area contributed by atoms with Gasteiger partial charge in [0.2, 0.25) is 0 Å². The van der Waals surface area contributed by atoms with Gasteiger partial charge in [-0.1, -0.05) is 20.8 Å². The van der Waals surface area contributed by atoms with Crippen LogP contribution < -0.4 is 5.32 Å². The van der Waals surface area contributed by atoms with E-state index in [2.05, 4.69) is 41.8 Å². The molecule has 3 heteroatoms. The zero-order valence-electron chi connectivity index (χ0n) is 10.6. The minimum atomic E-state index is 0.568. The van der Waals surface area contributed by atoms with Gasteiger partial charge < -0.3 is 9.88 Å². The highest BCUT2D eigenvalue weighted by molar-refractivity contribution is 4.94. The van der Waals surface area contributed by atoms with Gasteiger partial charge >= 0.3 is 0 Å². The van der Waals surface area contributed by atoms with Gasteiger partial charge in [-0.15, -0.1) is 0 Å². The lowest BCUT2D eigenvalue weighted by molar-refractivity contribution is 0.155. The van der Waals surface area contributed by atoms with E-state index in [1.807, 2.05) is 12.5 Å². The summed E-state index contributed by atoms with van der Waals surface area (Å²) < 4.78 is 2.28. The Hall–Kier alpha value is -0.830. The standard InChI is InChI=1S/C13H23N3/c1-4-15-12-8-10(2)7-11(3)13(12)16-6-5-14-9-16/h5-6,9-13,15H,4,7-8H2,1-3H3. The summed E-state index contributed by atoms with van der Waals surface area (Å²) in [4.78, 5) is 4.18. The molecule has 0 saturated heterocycles. The monoisotopic (exact) mass is 221 g/mol. The SMILES string of the molecule is CCNC1CC(C)CC(C)C1n1ccnc1. The van der Waals surface area contributed by atoms with Crippen molar-refractivity contribution < 1.29 is 0 Å². The third-order valence-electron chi connectivity index (χ3n) is 3.76. The molecule has 4 atom stereocenters. The smallest absolute Gasteiger partial charge is 0.0949 e. The van der Waals surface area contributed by atoms with E-state index in [0.29, 0.717) is 12.1 Å². The summed E-state index contributed by atoms with van der Waals surface area (Å²) in [6.07, 6.45) is 8.54. The first-order valence-corrected chi connectivity index (χ1v) is 6.43. The summed E-state index contributed by atoms with van der Waals surface area (Å²) >= 11 is 0. The van der Waals surface area contributed by atoms with Crippen molar-refractivity contribution in [1.29, 1.82) is 0 Å². The molecule has 3 nitrogen and oxygen atoms in total. The van der Waals surface area contributed by atoms with Crippen LogP contribution in [0.2, 0.25) is 0 Å². The molecule has 4 unspecified atom stereocenters. The summed E-state index contributed by atoms with van der Waals surface area (Å²) in [5.41, 5.74) is 0. The normalized spacial score (nSPS) is 35.2. The summed E-state index contributed by atoms with van der Waals surface area (Å²) in [5.74, 6) is 1.56. The van der Waals surface area contributed by atoms with Crippen LogP contribution in [0.4, 0.5) is 0 Å². The molecular weight excluding hydrogens is 198 g/mol. The first-order valence-electron chi connectivity index (χ1n) is 6.43. The predicted molar refractivity (Wildman–Crippen MR) is 66.3 cm³/mol. The van der Waals surface area contributed by atoms with Crippen molar-refractivity contribution in [2.45, 2.75) is 45.7 Å². The number of nitrogens with one attached hydrogen (secondary N) is 1. The fourth-order valence-electron chi connectivity index (χ4n) is 3.25. The van der Waals surface area contributed by atoms with E-state index in [4.69, 9.17) is 0 Å². The molecule has 2 rings (SSSR count). The number of hydrogen-bond donors (Lipinski definition) is 1. The van der Waals surface area contributed by atoms with E-state index in [-0.39, 0.29) is 0 Å². The Kier molecular flexibility index (Phi) is 3.64. The first-order chi connectivity index (χ1) is 7.72. The van der Waals surface area contributed by atoms with Crippen LogP contribution in [0.15, 0.2) is 18.7 Å². The lowest BCUT2D eigenvalue weighted by Gasteiger charge is -2.40. The second kappa shape index (κ2) is 5.00. The minimum Gasteiger partial charge on any atom is -0.333 e. The van der Waals surface area contributed by atoms with Gasteiger partial charge in [-0.2, -0.15) is 0 Å². The number of imidazole rings is 1.